The number of carboxylic acids is 2. The molecule has 178 valence electrons. The van der Waals surface area contributed by atoms with Crippen LogP contribution >= 0.6 is 14.5 Å². The molecule has 0 aliphatic carbocycles. The summed E-state index contributed by atoms with van der Waals surface area (Å²) < 4.78 is 0. The number of rotatable bonds is 16. The first kappa shape index (κ1) is 34.1. The minimum atomic E-state index is -2.78. The Morgan fingerprint density at radius 2 is 0.897 bits per heavy atom. The van der Waals surface area contributed by atoms with Crippen molar-refractivity contribution in [3.05, 3.63) is 0 Å². The molecule has 4 nitrogen and oxygen atoms in total. The zero-order chi connectivity index (χ0) is 22.1. The van der Waals surface area contributed by atoms with Gasteiger partial charge in [0.25, 0.3) is 0 Å². The number of hydrogen-bond acceptors (Lipinski definition) is 4. The summed E-state index contributed by atoms with van der Waals surface area (Å²) in [6.45, 7) is 10.1. The third-order valence-electron chi connectivity index (χ3n) is 5.34. The molecular formula is C22H46O4P2Pd. The Morgan fingerprint density at radius 3 is 1.07 bits per heavy atom. The topological polar surface area (TPSA) is 80.3 Å². The summed E-state index contributed by atoms with van der Waals surface area (Å²) in [5.74, 6) is -2.21. The number of hydrogen-bond donors (Lipinski definition) is 0. The number of carbonyl (C=O) groups is 2. The van der Waals surface area contributed by atoms with Crippen molar-refractivity contribution in [3.63, 3.8) is 0 Å². The number of aliphatic carboxylic acids is 2. The minimum Gasteiger partial charge on any atom is -0.107 e. The monoisotopic (exact) mass is 542 g/mol. The zero-order valence-corrected chi connectivity index (χ0v) is 23.1. The molecule has 0 saturated carbocycles. The van der Waals surface area contributed by atoms with Crippen LogP contribution in [0.1, 0.15) is 80.1 Å². The van der Waals surface area contributed by atoms with E-state index in [0.29, 0.717) is 7.92 Å². The van der Waals surface area contributed by atoms with E-state index in [4.69, 9.17) is 0 Å². The van der Waals surface area contributed by atoms with Crippen molar-refractivity contribution in [2.75, 3.05) is 49.3 Å². The Morgan fingerprint density at radius 1 is 0.621 bits per heavy atom. The molecule has 0 atom stereocenters. The fourth-order valence-corrected chi connectivity index (χ4v) is 14.3. The Labute approximate surface area is 195 Å². The van der Waals surface area contributed by atoms with Crippen LogP contribution in [-0.4, -0.2) is 61.2 Å². The minimum absolute atomic E-state index is 0. The fourth-order valence-electron chi connectivity index (χ4n) is 4.78. The van der Waals surface area contributed by atoms with Gasteiger partial charge in [-0.05, 0) is 18.5 Å². The van der Waals surface area contributed by atoms with Crippen LogP contribution in [0.3, 0.4) is 0 Å². The molecule has 0 aliphatic rings. The van der Waals surface area contributed by atoms with Gasteiger partial charge in [-0.15, -0.1) is 7.92 Å². The molecule has 29 heavy (non-hydrogen) atoms. The van der Waals surface area contributed by atoms with Crippen molar-refractivity contribution in [1.82, 2.24) is 0 Å². The van der Waals surface area contributed by atoms with E-state index >= 15 is 0 Å². The normalized spacial score (nSPS) is 12.3. The third-order valence-corrected chi connectivity index (χ3v) is 16.0. The van der Waals surface area contributed by atoms with E-state index in [9.17, 15) is 19.8 Å². The SMILES string of the molecule is CCCP(CCC)(CCC)(CC(=O)[O-])CC(=O)[O-].CCCP(CCC)CCC.[Pd+2]. The van der Waals surface area contributed by atoms with Crippen molar-refractivity contribution in [3.8, 4) is 0 Å². The van der Waals surface area contributed by atoms with Crippen LogP contribution < -0.4 is 10.2 Å². The van der Waals surface area contributed by atoms with E-state index in [1.165, 1.54) is 37.7 Å². The van der Waals surface area contributed by atoms with E-state index in [0.717, 1.165) is 37.7 Å². The molecule has 0 radical (unpaired) electrons. The zero-order valence-electron chi connectivity index (χ0n) is 19.7. The van der Waals surface area contributed by atoms with Crippen LogP contribution in [0.5, 0.6) is 0 Å². The van der Waals surface area contributed by atoms with Gasteiger partial charge in [-0.2, -0.15) is 0 Å². The maximum absolute atomic E-state index is 11.1. The quantitative estimate of drug-likeness (QED) is 0.218. The molecule has 0 unspecified atom stereocenters. The van der Waals surface area contributed by atoms with Gasteiger partial charge < -0.3 is 0 Å². The average molecular weight is 543 g/mol. The summed E-state index contributed by atoms with van der Waals surface area (Å²) >= 11 is 0. The van der Waals surface area contributed by atoms with Crippen LogP contribution in [-0.2, 0) is 30.0 Å². The molecule has 0 spiro atoms. The molecule has 7 heteroatoms. The molecule has 0 fully saturated rings. The third kappa shape index (κ3) is 15.0. The van der Waals surface area contributed by atoms with Gasteiger partial charge in [0.2, 0.25) is 0 Å². The Balaban J connectivity index is -0.000000525. The first-order valence-corrected chi connectivity index (χ1v) is 16.4. The van der Waals surface area contributed by atoms with Crippen LogP contribution in [0.15, 0.2) is 0 Å². The van der Waals surface area contributed by atoms with Crippen molar-refractivity contribution in [2.45, 2.75) is 80.1 Å². The summed E-state index contributed by atoms with van der Waals surface area (Å²) in [7, 11) is 0.439. The predicted octanol–water partition coefficient (Wildman–Crippen LogP) is 3.97. The van der Waals surface area contributed by atoms with E-state index in [-0.39, 0.29) is 32.7 Å². The summed E-state index contributed by atoms with van der Waals surface area (Å²) in [4.78, 5) is 22.3. The Kier molecular flexibility index (Phi) is 22.5. The van der Waals surface area contributed by atoms with E-state index in [2.05, 4.69) is 20.8 Å². The van der Waals surface area contributed by atoms with Crippen LogP contribution in [0.2, 0.25) is 0 Å². The largest absolute Gasteiger partial charge is 2.00 e. The second-order valence-electron chi connectivity index (χ2n) is 8.31. The van der Waals surface area contributed by atoms with Gasteiger partial charge >= 0.3 is 130 Å². The molecule has 0 aliphatic heterocycles. The maximum atomic E-state index is 11.1. The van der Waals surface area contributed by atoms with Crippen molar-refractivity contribution in [1.29, 1.82) is 0 Å². The van der Waals surface area contributed by atoms with Gasteiger partial charge in [0.15, 0.2) is 0 Å². The molecule has 0 aromatic heterocycles. The van der Waals surface area contributed by atoms with Crippen LogP contribution in [0.25, 0.3) is 0 Å². The van der Waals surface area contributed by atoms with Crippen molar-refractivity contribution >= 4 is 26.5 Å². The second kappa shape index (κ2) is 19.2. The van der Waals surface area contributed by atoms with Gasteiger partial charge in [-0.1, -0.05) is 40.0 Å². The van der Waals surface area contributed by atoms with Crippen LogP contribution in [0.4, 0.5) is 0 Å². The molecule has 0 amide bonds. The smallest absolute Gasteiger partial charge is 0.107 e. The van der Waals surface area contributed by atoms with Crippen molar-refractivity contribution < 1.29 is 40.2 Å². The van der Waals surface area contributed by atoms with Crippen molar-refractivity contribution in [2.24, 2.45) is 0 Å². The maximum Gasteiger partial charge on any atom is 2.00 e. The first-order chi connectivity index (χ1) is 13.2. The summed E-state index contributed by atoms with van der Waals surface area (Å²) in [5.41, 5.74) is 0. The standard InChI is InChI=1S/C13H27O4P.C9H21P.Pd/c1-4-7-18(8-5-2,9-6-3,10-12(14)15)11-13(16)17;1-4-7-10(8-5-2)9-6-3;/h4-11H2,1-3H3,(H,14,15)(H,16,17);4-9H2,1-3H3;/q;;+2/p-2. The first-order valence-electron chi connectivity index (χ1n) is 11.3. The molecule has 0 aromatic carbocycles. The number of carbonyl (C=O) groups excluding carboxylic acids is 2. The summed E-state index contributed by atoms with van der Waals surface area (Å²) in [6, 6.07) is 0. The Hall–Kier alpha value is 0.462. The molecule has 0 rings (SSSR count). The molecule has 0 saturated heterocycles. The molecule has 0 bridgehead atoms. The van der Waals surface area contributed by atoms with E-state index in [1.54, 1.807) is 0 Å². The fraction of sp³-hybridized carbons (Fsp3) is 0.909. The molecule has 0 N–H and O–H groups in total. The molecule has 0 heterocycles. The van der Waals surface area contributed by atoms with Gasteiger partial charge in [0, 0.05) is 0 Å². The van der Waals surface area contributed by atoms with E-state index in [1.807, 2.05) is 20.8 Å². The van der Waals surface area contributed by atoms with Gasteiger partial charge in [-0.3, -0.25) is 0 Å². The second-order valence-corrected chi connectivity index (χ2v) is 17.4. The number of carboxylic acid groups (broad SMARTS) is 2. The summed E-state index contributed by atoms with van der Waals surface area (Å²) in [6.07, 6.45) is 13.2. The average Bonchev–Trinajstić information content (AvgIpc) is 2.55. The Bertz CT molecular complexity index is 379. The van der Waals surface area contributed by atoms with Gasteiger partial charge in [0.1, 0.15) is 0 Å². The van der Waals surface area contributed by atoms with E-state index < -0.39 is 18.5 Å². The molecule has 0 aromatic rings. The van der Waals surface area contributed by atoms with Crippen LogP contribution in [0, 0.1) is 0 Å². The van der Waals surface area contributed by atoms with Gasteiger partial charge in [-0.25, -0.2) is 0 Å². The van der Waals surface area contributed by atoms with Gasteiger partial charge in [0.05, 0.1) is 0 Å². The molecular weight excluding hydrogens is 497 g/mol. The summed E-state index contributed by atoms with van der Waals surface area (Å²) in [5, 5.41) is 22.3. The predicted molar refractivity (Wildman–Crippen MR) is 125 cm³/mol.